The summed E-state index contributed by atoms with van der Waals surface area (Å²) in [5.74, 6) is -0.301. The van der Waals surface area contributed by atoms with Crippen molar-refractivity contribution < 1.29 is 9.18 Å². The number of amides is 1. The van der Waals surface area contributed by atoms with E-state index in [-0.39, 0.29) is 17.8 Å². The van der Waals surface area contributed by atoms with Crippen LogP contribution in [-0.2, 0) is 0 Å². The molecule has 1 saturated heterocycles. The molecule has 4 nitrogen and oxygen atoms in total. The molecule has 0 radical (unpaired) electrons. The summed E-state index contributed by atoms with van der Waals surface area (Å²) in [7, 11) is 0. The van der Waals surface area contributed by atoms with Crippen molar-refractivity contribution in [2.24, 2.45) is 0 Å². The maximum absolute atomic E-state index is 13.5. The van der Waals surface area contributed by atoms with Gasteiger partial charge in [-0.25, -0.2) is 4.39 Å². The Labute approximate surface area is 175 Å². The monoisotopic (exact) mass is 399 g/mol. The molecule has 0 bridgehead atoms. The van der Waals surface area contributed by atoms with Gasteiger partial charge < -0.3 is 4.90 Å². The summed E-state index contributed by atoms with van der Waals surface area (Å²) >= 11 is 0. The minimum absolute atomic E-state index is 0.00553. The third kappa shape index (κ3) is 4.24. The van der Waals surface area contributed by atoms with Gasteiger partial charge in [0.05, 0.1) is 17.7 Å². The Hall–Kier alpha value is -3.49. The van der Waals surface area contributed by atoms with Crippen LogP contribution in [0.1, 0.15) is 33.1 Å². The number of carbonyl (C=O) groups excluding carboxylic acids is 1. The number of carbonyl (C=O) groups is 1. The van der Waals surface area contributed by atoms with E-state index in [2.05, 4.69) is 23.1 Å². The summed E-state index contributed by atoms with van der Waals surface area (Å²) in [5, 5.41) is 9.08. The van der Waals surface area contributed by atoms with Crippen LogP contribution in [0, 0.1) is 17.1 Å². The van der Waals surface area contributed by atoms with Gasteiger partial charge in [0.25, 0.3) is 5.91 Å². The molecular formula is C25H22FN3O. The van der Waals surface area contributed by atoms with Crippen LogP contribution in [0.2, 0.25) is 0 Å². The number of rotatable bonds is 4. The molecule has 1 heterocycles. The second-order valence-corrected chi connectivity index (χ2v) is 7.39. The van der Waals surface area contributed by atoms with Crippen LogP contribution >= 0.6 is 0 Å². The summed E-state index contributed by atoms with van der Waals surface area (Å²) < 4.78 is 13.5. The lowest BCUT2D eigenvalue weighted by Crippen LogP contribution is -2.49. The highest BCUT2D eigenvalue weighted by molar-refractivity contribution is 5.94. The van der Waals surface area contributed by atoms with Gasteiger partial charge in [-0.05, 0) is 41.5 Å². The molecule has 150 valence electrons. The second-order valence-electron chi connectivity index (χ2n) is 7.39. The molecule has 5 heteroatoms. The number of halogens is 1. The Morgan fingerprint density at radius 3 is 2.20 bits per heavy atom. The standard InChI is InChI=1S/C25H22FN3O/c26-23-11-9-21(10-12-23)24(20-6-2-1-3-7-20)28-13-15-29(16-14-28)25(30)22-8-4-5-19(17-22)18-27/h1-12,17,24H,13-16H2/t24-/m1/s1. The molecule has 0 unspecified atom stereocenters. The predicted octanol–water partition coefficient (Wildman–Crippen LogP) is 4.24. The maximum atomic E-state index is 13.5. The topological polar surface area (TPSA) is 47.3 Å². The minimum Gasteiger partial charge on any atom is -0.336 e. The number of nitriles is 1. The summed E-state index contributed by atoms with van der Waals surface area (Å²) in [6.45, 7) is 2.61. The van der Waals surface area contributed by atoms with Gasteiger partial charge in [-0.2, -0.15) is 5.26 Å². The molecule has 1 fully saturated rings. The lowest BCUT2D eigenvalue weighted by atomic mass is 9.96. The summed E-state index contributed by atoms with van der Waals surface area (Å²) in [4.78, 5) is 17.0. The molecule has 30 heavy (non-hydrogen) atoms. The average molecular weight is 399 g/mol. The molecule has 0 saturated carbocycles. The number of piperazine rings is 1. The van der Waals surface area contributed by atoms with E-state index in [0.717, 1.165) is 11.1 Å². The quantitative estimate of drug-likeness (QED) is 0.659. The first kappa shape index (κ1) is 19.8. The average Bonchev–Trinajstić information content (AvgIpc) is 2.81. The van der Waals surface area contributed by atoms with Crippen LogP contribution in [-0.4, -0.2) is 41.9 Å². The van der Waals surface area contributed by atoms with Crippen molar-refractivity contribution in [3.05, 3.63) is 107 Å². The molecule has 0 N–H and O–H groups in total. The number of hydrogen-bond donors (Lipinski definition) is 0. The molecule has 4 rings (SSSR count). The van der Waals surface area contributed by atoms with E-state index in [1.54, 1.807) is 24.3 Å². The molecular weight excluding hydrogens is 377 g/mol. The van der Waals surface area contributed by atoms with Crippen molar-refractivity contribution in [3.8, 4) is 6.07 Å². The zero-order valence-corrected chi connectivity index (χ0v) is 16.5. The lowest BCUT2D eigenvalue weighted by molar-refractivity contribution is 0.0597. The lowest BCUT2D eigenvalue weighted by Gasteiger charge is -2.39. The second kappa shape index (κ2) is 8.89. The van der Waals surface area contributed by atoms with Crippen LogP contribution in [0.3, 0.4) is 0 Å². The van der Waals surface area contributed by atoms with Gasteiger partial charge in [-0.3, -0.25) is 9.69 Å². The SMILES string of the molecule is N#Cc1cccc(C(=O)N2CCN([C@H](c3ccccc3)c3ccc(F)cc3)CC2)c1. The normalized spacial score (nSPS) is 15.4. The van der Waals surface area contributed by atoms with E-state index in [1.807, 2.05) is 35.2 Å². The Kier molecular flexibility index (Phi) is 5.87. The van der Waals surface area contributed by atoms with Crippen molar-refractivity contribution in [2.45, 2.75) is 6.04 Å². The first-order chi connectivity index (χ1) is 14.7. The molecule has 1 aliphatic heterocycles. The highest BCUT2D eigenvalue weighted by Crippen LogP contribution is 2.30. The largest absolute Gasteiger partial charge is 0.336 e. The van der Waals surface area contributed by atoms with E-state index in [9.17, 15) is 9.18 Å². The Morgan fingerprint density at radius 2 is 1.53 bits per heavy atom. The molecule has 0 spiro atoms. The molecule has 0 aromatic heterocycles. The molecule has 3 aromatic carbocycles. The number of benzene rings is 3. The van der Waals surface area contributed by atoms with E-state index < -0.39 is 0 Å². The van der Waals surface area contributed by atoms with Crippen molar-refractivity contribution in [1.29, 1.82) is 5.26 Å². The van der Waals surface area contributed by atoms with Crippen molar-refractivity contribution >= 4 is 5.91 Å². The Balaban J connectivity index is 1.52. The van der Waals surface area contributed by atoms with Gasteiger partial charge in [0.1, 0.15) is 5.82 Å². The zero-order chi connectivity index (χ0) is 20.9. The minimum atomic E-state index is -0.249. The maximum Gasteiger partial charge on any atom is 0.253 e. The van der Waals surface area contributed by atoms with Crippen LogP contribution in [0.4, 0.5) is 4.39 Å². The van der Waals surface area contributed by atoms with Crippen LogP contribution in [0.15, 0.2) is 78.9 Å². The van der Waals surface area contributed by atoms with Crippen molar-refractivity contribution in [3.63, 3.8) is 0 Å². The van der Waals surface area contributed by atoms with Gasteiger partial charge in [-0.15, -0.1) is 0 Å². The smallest absolute Gasteiger partial charge is 0.253 e. The third-order valence-electron chi connectivity index (χ3n) is 5.51. The molecule has 3 aromatic rings. The van der Waals surface area contributed by atoms with Crippen LogP contribution in [0.25, 0.3) is 0 Å². The first-order valence-corrected chi connectivity index (χ1v) is 9.99. The highest BCUT2D eigenvalue weighted by Gasteiger charge is 2.28. The van der Waals surface area contributed by atoms with Crippen molar-refractivity contribution in [2.75, 3.05) is 26.2 Å². The third-order valence-corrected chi connectivity index (χ3v) is 5.51. The fraction of sp³-hybridized carbons (Fsp3) is 0.200. The van der Waals surface area contributed by atoms with E-state index in [4.69, 9.17) is 5.26 Å². The highest BCUT2D eigenvalue weighted by atomic mass is 19.1. The molecule has 1 atom stereocenters. The van der Waals surface area contributed by atoms with Crippen LogP contribution in [0.5, 0.6) is 0 Å². The summed E-state index contributed by atoms with van der Waals surface area (Å²) in [6, 6.07) is 25.7. The van der Waals surface area contributed by atoms with E-state index >= 15 is 0 Å². The summed E-state index contributed by atoms with van der Waals surface area (Å²) in [6.07, 6.45) is 0. The fourth-order valence-corrected chi connectivity index (χ4v) is 3.98. The van der Waals surface area contributed by atoms with Gasteiger partial charge in [0, 0.05) is 31.7 Å². The molecule has 1 aliphatic rings. The predicted molar refractivity (Wildman–Crippen MR) is 113 cm³/mol. The zero-order valence-electron chi connectivity index (χ0n) is 16.5. The van der Waals surface area contributed by atoms with Gasteiger partial charge in [0.15, 0.2) is 0 Å². The fourth-order valence-electron chi connectivity index (χ4n) is 3.98. The van der Waals surface area contributed by atoms with E-state index in [1.165, 1.54) is 12.1 Å². The van der Waals surface area contributed by atoms with Gasteiger partial charge >= 0.3 is 0 Å². The van der Waals surface area contributed by atoms with Crippen molar-refractivity contribution in [1.82, 2.24) is 9.80 Å². The molecule has 1 amide bonds. The van der Waals surface area contributed by atoms with Gasteiger partial charge in [0.2, 0.25) is 0 Å². The summed E-state index contributed by atoms with van der Waals surface area (Å²) in [5.41, 5.74) is 3.20. The first-order valence-electron chi connectivity index (χ1n) is 9.99. The Bertz CT molecular complexity index is 1050. The van der Waals surface area contributed by atoms with Crippen LogP contribution < -0.4 is 0 Å². The Morgan fingerprint density at radius 1 is 0.867 bits per heavy atom. The number of nitrogens with zero attached hydrogens (tertiary/aromatic N) is 3. The molecule has 0 aliphatic carbocycles. The number of hydrogen-bond acceptors (Lipinski definition) is 3. The van der Waals surface area contributed by atoms with Gasteiger partial charge in [-0.1, -0.05) is 48.5 Å². The van der Waals surface area contributed by atoms with E-state index in [0.29, 0.717) is 37.3 Å².